The van der Waals surface area contributed by atoms with Crippen LogP contribution in [0.4, 0.5) is 0 Å². The highest BCUT2D eigenvalue weighted by Crippen LogP contribution is 2.40. The average molecular weight is 480 g/mol. The van der Waals surface area contributed by atoms with Gasteiger partial charge in [0, 0.05) is 19.0 Å². The molecule has 8 nitrogen and oxygen atoms in total. The van der Waals surface area contributed by atoms with Crippen LogP contribution in [0.5, 0.6) is 11.5 Å². The number of Topliss-reactive ketones (excluding diaryl/α,β-unsaturated/α-hetero) is 1. The number of unbranched alkanes of at least 4 members (excludes halogenated alkanes) is 1. The molecule has 1 amide bonds. The quantitative estimate of drug-likeness (QED) is 0.310. The molecule has 0 bridgehead atoms. The molecular formula is C27H29NO7. The number of benzene rings is 2. The van der Waals surface area contributed by atoms with Gasteiger partial charge in [0.15, 0.2) is 22.9 Å². The van der Waals surface area contributed by atoms with Gasteiger partial charge in [-0.25, -0.2) is 0 Å². The van der Waals surface area contributed by atoms with Crippen molar-refractivity contribution in [2.45, 2.75) is 25.8 Å². The molecule has 1 atom stereocenters. The first-order valence-corrected chi connectivity index (χ1v) is 11.6. The smallest absolute Gasteiger partial charge is 0.290 e. The molecule has 3 aromatic rings. The van der Waals surface area contributed by atoms with Gasteiger partial charge < -0.3 is 28.6 Å². The van der Waals surface area contributed by atoms with Crippen molar-refractivity contribution in [3.8, 4) is 11.5 Å². The number of methoxy groups -OCH3 is 2. The first kappa shape index (κ1) is 24.3. The third-order valence-corrected chi connectivity index (χ3v) is 6.00. The minimum Gasteiger partial charge on any atom is -0.503 e. The highest BCUT2D eigenvalue weighted by molar-refractivity contribution is 6.16. The summed E-state index contributed by atoms with van der Waals surface area (Å²) in [7, 11) is 3.04. The van der Waals surface area contributed by atoms with Gasteiger partial charge in [0.1, 0.15) is 5.75 Å². The van der Waals surface area contributed by atoms with Crippen molar-refractivity contribution in [2.75, 3.05) is 34.0 Å². The Hall–Kier alpha value is -3.78. The van der Waals surface area contributed by atoms with E-state index >= 15 is 0 Å². The molecule has 0 fully saturated rings. The van der Waals surface area contributed by atoms with Crippen molar-refractivity contribution >= 4 is 22.7 Å². The molecule has 184 valence electrons. The summed E-state index contributed by atoms with van der Waals surface area (Å²) in [5.74, 6) is -0.599. The fraction of sp³-hybridized carbons (Fsp3) is 0.333. The van der Waals surface area contributed by atoms with Gasteiger partial charge in [0.25, 0.3) is 5.91 Å². The maximum absolute atomic E-state index is 13.6. The van der Waals surface area contributed by atoms with Crippen molar-refractivity contribution < 1.29 is 33.3 Å². The van der Waals surface area contributed by atoms with Crippen molar-refractivity contribution in [1.82, 2.24) is 4.90 Å². The molecule has 1 aliphatic rings. The Labute approximate surface area is 203 Å². The fourth-order valence-electron chi connectivity index (χ4n) is 4.17. The van der Waals surface area contributed by atoms with Crippen LogP contribution in [0.15, 0.2) is 64.3 Å². The highest BCUT2D eigenvalue weighted by atomic mass is 16.5. The van der Waals surface area contributed by atoms with E-state index in [4.69, 9.17) is 18.6 Å². The van der Waals surface area contributed by atoms with Crippen molar-refractivity contribution in [3.63, 3.8) is 0 Å². The summed E-state index contributed by atoms with van der Waals surface area (Å²) in [6, 6.07) is 13.3. The van der Waals surface area contributed by atoms with Gasteiger partial charge in [-0.1, -0.05) is 37.6 Å². The molecular weight excluding hydrogens is 450 g/mol. The molecule has 2 heterocycles. The van der Waals surface area contributed by atoms with E-state index in [0.717, 1.165) is 12.8 Å². The number of fused-ring (bicyclic) bond motifs is 1. The van der Waals surface area contributed by atoms with E-state index in [-0.39, 0.29) is 24.5 Å². The molecule has 4 rings (SSSR count). The number of furan rings is 1. The molecule has 8 heteroatoms. The van der Waals surface area contributed by atoms with Crippen LogP contribution in [0.3, 0.4) is 0 Å². The SMILES string of the molecule is CCCCOc1ccc(C2C(C(=O)c3cc4cccc(OC)c4o3)=C(O)C(=O)N2CCOC)cc1. The number of hydrogen-bond acceptors (Lipinski definition) is 7. The predicted molar refractivity (Wildman–Crippen MR) is 130 cm³/mol. The molecule has 1 unspecified atom stereocenters. The molecule has 1 aliphatic heterocycles. The highest BCUT2D eigenvalue weighted by Gasteiger charge is 2.44. The molecule has 0 saturated carbocycles. The third-order valence-electron chi connectivity index (χ3n) is 6.00. The summed E-state index contributed by atoms with van der Waals surface area (Å²) in [6.45, 7) is 3.14. The molecule has 0 aliphatic carbocycles. The van der Waals surface area contributed by atoms with E-state index in [1.165, 1.54) is 19.1 Å². The average Bonchev–Trinajstić information content (AvgIpc) is 3.42. The molecule has 2 aromatic carbocycles. The zero-order valence-electron chi connectivity index (χ0n) is 20.1. The molecule has 0 spiro atoms. The third kappa shape index (κ3) is 4.74. The van der Waals surface area contributed by atoms with Gasteiger partial charge in [-0.3, -0.25) is 9.59 Å². The van der Waals surface area contributed by atoms with Crippen molar-refractivity contribution in [1.29, 1.82) is 0 Å². The van der Waals surface area contributed by atoms with Crippen LogP contribution in [0.25, 0.3) is 11.0 Å². The number of amides is 1. The lowest BCUT2D eigenvalue weighted by Gasteiger charge is -2.26. The van der Waals surface area contributed by atoms with Gasteiger partial charge in [0.05, 0.1) is 31.9 Å². The van der Waals surface area contributed by atoms with Crippen molar-refractivity contribution in [3.05, 3.63) is 71.2 Å². The number of hydrogen-bond donors (Lipinski definition) is 1. The second-order valence-electron chi connectivity index (χ2n) is 8.25. The van der Waals surface area contributed by atoms with Crippen LogP contribution in [0.2, 0.25) is 0 Å². The van der Waals surface area contributed by atoms with E-state index in [1.54, 1.807) is 48.5 Å². The molecule has 1 aromatic heterocycles. The number of para-hydroxylation sites is 1. The van der Waals surface area contributed by atoms with Crippen LogP contribution >= 0.6 is 0 Å². The van der Waals surface area contributed by atoms with Crippen LogP contribution in [0, 0.1) is 0 Å². The van der Waals surface area contributed by atoms with Gasteiger partial charge in [0.2, 0.25) is 5.78 Å². The summed E-state index contributed by atoms with van der Waals surface area (Å²) < 4.78 is 22.1. The van der Waals surface area contributed by atoms with Crippen molar-refractivity contribution in [2.24, 2.45) is 0 Å². The lowest BCUT2D eigenvalue weighted by atomic mass is 9.95. The van der Waals surface area contributed by atoms with E-state index in [2.05, 4.69) is 6.92 Å². The lowest BCUT2D eigenvalue weighted by Crippen LogP contribution is -2.34. The summed E-state index contributed by atoms with van der Waals surface area (Å²) >= 11 is 0. The zero-order valence-corrected chi connectivity index (χ0v) is 20.1. The Morgan fingerprint density at radius 2 is 1.89 bits per heavy atom. The second kappa shape index (κ2) is 10.7. The van der Waals surface area contributed by atoms with E-state index in [0.29, 0.717) is 34.6 Å². The van der Waals surface area contributed by atoms with E-state index < -0.39 is 23.5 Å². The summed E-state index contributed by atoms with van der Waals surface area (Å²) in [6.07, 6.45) is 1.97. The summed E-state index contributed by atoms with van der Waals surface area (Å²) in [5, 5.41) is 11.5. The Bertz CT molecular complexity index is 1240. The van der Waals surface area contributed by atoms with Gasteiger partial charge in [-0.05, 0) is 36.2 Å². The number of ketones is 1. The molecule has 0 saturated heterocycles. The minimum absolute atomic E-state index is 0.0111. The van der Waals surface area contributed by atoms with Crippen LogP contribution in [-0.2, 0) is 9.53 Å². The van der Waals surface area contributed by atoms with Gasteiger partial charge in [-0.2, -0.15) is 0 Å². The largest absolute Gasteiger partial charge is 0.503 e. The maximum Gasteiger partial charge on any atom is 0.290 e. The molecule has 1 N–H and O–H groups in total. The van der Waals surface area contributed by atoms with Gasteiger partial charge in [-0.15, -0.1) is 0 Å². The monoisotopic (exact) mass is 479 g/mol. The van der Waals surface area contributed by atoms with Gasteiger partial charge >= 0.3 is 0 Å². The summed E-state index contributed by atoms with van der Waals surface area (Å²) in [4.78, 5) is 28.1. The number of carbonyl (C=O) groups is 2. The van der Waals surface area contributed by atoms with Crippen LogP contribution in [-0.4, -0.2) is 55.7 Å². The first-order chi connectivity index (χ1) is 17.0. The number of nitrogens with zero attached hydrogens (tertiary/aromatic N) is 1. The normalized spacial score (nSPS) is 15.8. The Morgan fingerprint density at radius 1 is 1.11 bits per heavy atom. The van der Waals surface area contributed by atoms with E-state index in [9.17, 15) is 14.7 Å². The Morgan fingerprint density at radius 3 is 2.57 bits per heavy atom. The lowest BCUT2D eigenvalue weighted by molar-refractivity contribution is -0.130. The van der Waals surface area contributed by atoms with E-state index in [1.807, 2.05) is 0 Å². The number of ether oxygens (including phenoxy) is 3. The first-order valence-electron chi connectivity index (χ1n) is 11.6. The standard InChI is InChI=1S/C27H29NO7/c1-4-5-14-34-19-11-9-17(10-12-19)23-22(25(30)27(31)28(23)13-15-32-2)24(29)21-16-18-7-6-8-20(33-3)26(18)35-21/h6-12,16,23,30H,4-5,13-15H2,1-3H3. The van der Waals surface area contributed by atoms with Crippen LogP contribution in [0.1, 0.15) is 41.9 Å². The Kier molecular flexibility index (Phi) is 7.41. The second-order valence-corrected chi connectivity index (χ2v) is 8.25. The molecule has 0 radical (unpaired) electrons. The number of aliphatic hydroxyl groups is 1. The van der Waals surface area contributed by atoms with Crippen LogP contribution < -0.4 is 9.47 Å². The Balaban J connectivity index is 1.72. The zero-order chi connectivity index (χ0) is 24.9. The summed E-state index contributed by atoms with van der Waals surface area (Å²) in [5.41, 5.74) is 1.05. The number of carbonyl (C=O) groups excluding carboxylic acids is 2. The minimum atomic E-state index is -0.801. The molecule has 35 heavy (non-hydrogen) atoms. The fourth-order valence-corrected chi connectivity index (χ4v) is 4.17. The number of aliphatic hydroxyl groups excluding tert-OH is 1. The predicted octanol–water partition coefficient (Wildman–Crippen LogP) is 4.85. The topological polar surface area (TPSA) is 98.4 Å². The maximum atomic E-state index is 13.6. The number of rotatable bonds is 11.